The van der Waals surface area contributed by atoms with E-state index in [1.165, 1.54) is 6.20 Å². The summed E-state index contributed by atoms with van der Waals surface area (Å²) >= 11 is 0. The number of nitrogens with zero attached hydrogens (tertiary/aromatic N) is 2. The minimum atomic E-state index is 0.260. The van der Waals surface area contributed by atoms with Crippen molar-refractivity contribution < 1.29 is 4.74 Å². The molecule has 0 bridgehead atoms. The van der Waals surface area contributed by atoms with Crippen molar-refractivity contribution in [3.63, 3.8) is 0 Å². The zero-order valence-corrected chi connectivity index (χ0v) is 7.03. The van der Waals surface area contributed by atoms with E-state index in [1.807, 2.05) is 6.07 Å². The predicted molar refractivity (Wildman–Crippen MR) is 48.0 cm³/mol. The summed E-state index contributed by atoms with van der Waals surface area (Å²) in [6, 6.07) is 3.61. The first-order valence-electron chi connectivity index (χ1n) is 4.12. The van der Waals surface area contributed by atoms with Crippen molar-refractivity contribution in [2.75, 3.05) is 0 Å². The summed E-state index contributed by atoms with van der Waals surface area (Å²) < 4.78 is 5.46. The van der Waals surface area contributed by atoms with Gasteiger partial charge in [0.2, 0.25) is 0 Å². The van der Waals surface area contributed by atoms with E-state index in [-0.39, 0.29) is 6.10 Å². The summed E-state index contributed by atoms with van der Waals surface area (Å²) in [5.41, 5.74) is 0.829. The molecule has 1 fully saturated rings. The number of aromatic nitrogens is 1. The highest BCUT2D eigenvalue weighted by atomic mass is 16.5. The molecule has 0 spiro atoms. The third-order valence-electron chi connectivity index (χ3n) is 1.80. The molecule has 1 saturated carbocycles. The first-order chi connectivity index (χ1) is 6.29. The standard InChI is InChI=1S/C9H7BN2O/c10-6-3-9(13-7-1-2-7)8(4-11)12-5-6/h3,5,7H,1-2H2. The molecule has 0 atom stereocenters. The summed E-state index contributed by atoms with van der Waals surface area (Å²) in [5, 5.41) is 8.71. The summed E-state index contributed by atoms with van der Waals surface area (Å²) in [6.07, 6.45) is 3.83. The van der Waals surface area contributed by atoms with Gasteiger partial charge in [-0.25, -0.2) is 4.98 Å². The Kier molecular flexibility index (Phi) is 1.93. The normalized spacial score (nSPS) is 15.0. The Balaban J connectivity index is 2.29. The smallest absolute Gasteiger partial charge is 0.182 e. The monoisotopic (exact) mass is 170 g/mol. The van der Waals surface area contributed by atoms with Crippen molar-refractivity contribution in [3.8, 4) is 11.8 Å². The van der Waals surface area contributed by atoms with Crippen LogP contribution in [0.15, 0.2) is 12.3 Å². The van der Waals surface area contributed by atoms with Gasteiger partial charge in [0.1, 0.15) is 13.9 Å². The molecule has 4 heteroatoms. The highest BCUT2D eigenvalue weighted by Crippen LogP contribution is 2.27. The molecule has 2 rings (SSSR count). The van der Waals surface area contributed by atoms with Crippen molar-refractivity contribution in [2.45, 2.75) is 18.9 Å². The van der Waals surface area contributed by atoms with Crippen molar-refractivity contribution in [1.29, 1.82) is 5.26 Å². The molecule has 13 heavy (non-hydrogen) atoms. The maximum absolute atomic E-state index is 8.71. The van der Waals surface area contributed by atoms with Crippen LogP contribution in [0, 0.1) is 11.3 Å². The fraction of sp³-hybridized carbons (Fsp3) is 0.333. The molecule has 0 N–H and O–H groups in total. The molecule has 3 nitrogen and oxygen atoms in total. The quantitative estimate of drug-likeness (QED) is 0.599. The lowest BCUT2D eigenvalue weighted by Crippen LogP contribution is -2.08. The van der Waals surface area contributed by atoms with E-state index in [0.717, 1.165) is 12.8 Å². The van der Waals surface area contributed by atoms with Crippen LogP contribution in [-0.2, 0) is 0 Å². The predicted octanol–water partition coefficient (Wildman–Crippen LogP) is 0.288. The van der Waals surface area contributed by atoms with Crippen molar-refractivity contribution in [1.82, 2.24) is 4.98 Å². The Morgan fingerprint density at radius 2 is 2.38 bits per heavy atom. The highest BCUT2D eigenvalue weighted by molar-refractivity contribution is 6.32. The molecule has 0 aromatic carbocycles. The molecular weight excluding hydrogens is 163 g/mol. The summed E-state index contributed by atoms with van der Waals surface area (Å²) in [5.74, 6) is 0.505. The Morgan fingerprint density at radius 1 is 1.62 bits per heavy atom. The Hall–Kier alpha value is -1.50. The Morgan fingerprint density at radius 3 is 3.00 bits per heavy atom. The van der Waals surface area contributed by atoms with Crippen molar-refractivity contribution >= 4 is 13.3 Å². The first-order valence-corrected chi connectivity index (χ1v) is 4.12. The van der Waals surface area contributed by atoms with Crippen molar-refractivity contribution in [2.24, 2.45) is 0 Å². The largest absolute Gasteiger partial charge is 0.487 e. The number of hydrogen-bond donors (Lipinski definition) is 0. The zero-order chi connectivity index (χ0) is 9.26. The number of nitriles is 1. The van der Waals surface area contributed by atoms with Gasteiger partial charge in [-0.2, -0.15) is 5.26 Å². The topological polar surface area (TPSA) is 45.9 Å². The fourth-order valence-corrected chi connectivity index (χ4v) is 0.999. The molecule has 1 aliphatic carbocycles. The van der Waals surface area contributed by atoms with E-state index in [1.54, 1.807) is 6.07 Å². The lowest BCUT2D eigenvalue weighted by molar-refractivity contribution is 0.301. The molecule has 1 aromatic rings. The SMILES string of the molecule is [B]c1cnc(C#N)c(OC2CC2)c1. The zero-order valence-electron chi connectivity index (χ0n) is 7.03. The lowest BCUT2D eigenvalue weighted by Gasteiger charge is -2.05. The minimum absolute atomic E-state index is 0.260. The molecule has 0 unspecified atom stereocenters. The average Bonchev–Trinajstić information content (AvgIpc) is 2.89. The van der Waals surface area contributed by atoms with E-state index in [4.69, 9.17) is 17.8 Å². The van der Waals surface area contributed by atoms with Gasteiger partial charge in [0.25, 0.3) is 0 Å². The molecule has 1 aliphatic rings. The second-order valence-electron chi connectivity index (χ2n) is 3.04. The summed E-state index contributed by atoms with van der Waals surface area (Å²) in [4.78, 5) is 3.87. The van der Waals surface area contributed by atoms with Crippen LogP contribution in [0.25, 0.3) is 0 Å². The summed E-state index contributed by atoms with van der Waals surface area (Å²) in [7, 11) is 5.53. The van der Waals surface area contributed by atoms with Crippen LogP contribution in [0.4, 0.5) is 0 Å². The third-order valence-corrected chi connectivity index (χ3v) is 1.80. The van der Waals surface area contributed by atoms with Gasteiger partial charge in [0, 0.05) is 6.20 Å². The van der Waals surface area contributed by atoms with Crippen LogP contribution in [0.2, 0.25) is 0 Å². The van der Waals surface area contributed by atoms with Crippen LogP contribution >= 0.6 is 0 Å². The summed E-state index contributed by atoms with van der Waals surface area (Å²) in [6.45, 7) is 0. The second kappa shape index (κ2) is 3.10. The molecule has 0 amide bonds. The van der Waals surface area contributed by atoms with Gasteiger partial charge >= 0.3 is 0 Å². The van der Waals surface area contributed by atoms with Gasteiger partial charge in [0.05, 0.1) is 6.10 Å². The molecule has 1 aromatic heterocycles. The van der Waals surface area contributed by atoms with Crippen molar-refractivity contribution in [3.05, 3.63) is 18.0 Å². The number of rotatable bonds is 2. The van der Waals surface area contributed by atoms with E-state index >= 15 is 0 Å². The lowest BCUT2D eigenvalue weighted by atomic mass is 9.98. The molecule has 0 aliphatic heterocycles. The van der Waals surface area contributed by atoms with E-state index in [9.17, 15) is 0 Å². The number of hydrogen-bond acceptors (Lipinski definition) is 3. The molecule has 62 valence electrons. The van der Waals surface area contributed by atoms with Crippen LogP contribution in [-0.4, -0.2) is 18.9 Å². The van der Waals surface area contributed by atoms with Crippen LogP contribution in [0.5, 0.6) is 5.75 Å². The third kappa shape index (κ3) is 1.81. The van der Waals surface area contributed by atoms with Crippen LogP contribution in [0.3, 0.4) is 0 Å². The number of ether oxygens (including phenoxy) is 1. The molecular formula is C9H7BN2O. The van der Waals surface area contributed by atoms with Gasteiger partial charge < -0.3 is 4.74 Å². The van der Waals surface area contributed by atoms with Gasteiger partial charge in [-0.3, -0.25) is 0 Å². The molecule has 0 saturated heterocycles. The van der Waals surface area contributed by atoms with Gasteiger partial charge in [0.15, 0.2) is 11.4 Å². The van der Waals surface area contributed by atoms with Gasteiger partial charge in [-0.05, 0) is 18.9 Å². The minimum Gasteiger partial charge on any atom is -0.487 e. The Bertz CT molecular complexity index is 368. The van der Waals surface area contributed by atoms with Crippen LogP contribution < -0.4 is 10.2 Å². The second-order valence-corrected chi connectivity index (χ2v) is 3.04. The molecule has 1 heterocycles. The molecule has 2 radical (unpaired) electrons. The average molecular weight is 170 g/mol. The fourth-order valence-electron chi connectivity index (χ4n) is 0.999. The van der Waals surface area contributed by atoms with E-state index in [2.05, 4.69) is 4.98 Å². The Labute approximate surface area is 77.8 Å². The first kappa shape index (κ1) is 8.12. The van der Waals surface area contributed by atoms with E-state index < -0.39 is 0 Å². The highest BCUT2D eigenvalue weighted by Gasteiger charge is 2.24. The van der Waals surface area contributed by atoms with Crippen LogP contribution in [0.1, 0.15) is 18.5 Å². The van der Waals surface area contributed by atoms with Gasteiger partial charge in [-0.15, -0.1) is 0 Å². The maximum atomic E-state index is 8.71. The van der Waals surface area contributed by atoms with Gasteiger partial charge in [-0.1, -0.05) is 5.46 Å². The maximum Gasteiger partial charge on any atom is 0.182 e. The van der Waals surface area contributed by atoms with E-state index in [0.29, 0.717) is 16.9 Å². The number of pyridine rings is 1.